The number of hydrogen-bond donors (Lipinski definition) is 0. The SMILES string of the molecule is Fc1ccc(CN2CC[C@H]3[C@@H](COCCN3c3ccccc3)C2)cc1. The average Bonchev–Trinajstić information content (AvgIpc) is 2.86. The van der Waals surface area contributed by atoms with E-state index in [1.165, 1.54) is 11.3 Å². The second-order valence-corrected chi connectivity index (χ2v) is 7.08. The molecule has 4 rings (SSSR count). The lowest BCUT2D eigenvalue weighted by Gasteiger charge is -2.43. The van der Waals surface area contributed by atoms with Crippen LogP contribution in [0.3, 0.4) is 0 Å². The van der Waals surface area contributed by atoms with Crippen LogP contribution in [0, 0.1) is 11.7 Å². The van der Waals surface area contributed by atoms with Gasteiger partial charge in [0.05, 0.1) is 13.2 Å². The van der Waals surface area contributed by atoms with Crippen LogP contribution in [0.2, 0.25) is 0 Å². The van der Waals surface area contributed by atoms with Gasteiger partial charge < -0.3 is 9.64 Å². The minimum absolute atomic E-state index is 0.168. The largest absolute Gasteiger partial charge is 0.379 e. The molecule has 0 unspecified atom stereocenters. The summed E-state index contributed by atoms with van der Waals surface area (Å²) in [7, 11) is 0. The van der Waals surface area contributed by atoms with Crippen LogP contribution in [0.1, 0.15) is 12.0 Å². The fourth-order valence-corrected chi connectivity index (χ4v) is 4.16. The number of rotatable bonds is 3. The summed E-state index contributed by atoms with van der Waals surface area (Å²) in [5.74, 6) is 0.343. The van der Waals surface area contributed by atoms with E-state index in [-0.39, 0.29) is 5.82 Å². The van der Waals surface area contributed by atoms with Gasteiger partial charge in [0.1, 0.15) is 5.82 Å². The van der Waals surface area contributed by atoms with E-state index in [0.717, 1.165) is 45.8 Å². The molecular weight excluding hydrogens is 315 g/mol. The van der Waals surface area contributed by atoms with E-state index >= 15 is 0 Å². The van der Waals surface area contributed by atoms with Crippen LogP contribution in [0.5, 0.6) is 0 Å². The zero-order chi connectivity index (χ0) is 17.1. The highest BCUT2D eigenvalue weighted by molar-refractivity contribution is 5.47. The fourth-order valence-electron chi connectivity index (χ4n) is 4.16. The predicted octanol–water partition coefficient (Wildman–Crippen LogP) is 3.55. The molecule has 0 bridgehead atoms. The zero-order valence-corrected chi connectivity index (χ0v) is 14.5. The number of benzene rings is 2. The number of halogens is 1. The lowest BCUT2D eigenvalue weighted by atomic mass is 9.90. The first kappa shape index (κ1) is 16.6. The topological polar surface area (TPSA) is 15.7 Å². The third kappa shape index (κ3) is 3.86. The Morgan fingerprint density at radius 2 is 1.80 bits per heavy atom. The molecule has 4 heteroatoms. The van der Waals surface area contributed by atoms with Gasteiger partial charge in [-0.2, -0.15) is 0 Å². The number of para-hydroxylation sites is 1. The van der Waals surface area contributed by atoms with E-state index in [9.17, 15) is 4.39 Å². The zero-order valence-electron chi connectivity index (χ0n) is 14.5. The number of nitrogens with zero attached hydrogens (tertiary/aromatic N) is 2. The van der Waals surface area contributed by atoms with E-state index in [4.69, 9.17) is 4.74 Å². The first-order chi connectivity index (χ1) is 12.3. The monoisotopic (exact) mass is 340 g/mol. The van der Waals surface area contributed by atoms with Crippen molar-refractivity contribution in [1.29, 1.82) is 0 Å². The molecule has 0 N–H and O–H groups in total. The van der Waals surface area contributed by atoms with Crippen LogP contribution in [0.25, 0.3) is 0 Å². The summed E-state index contributed by atoms with van der Waals surface area (Å²) < 4.78 is 19.0. The van der Waals surface area contributed by atoms with Crippen molar-refractivity contribution in [3.8, 4) is 0 Å². The average molecular weight is 340 g/mol. The molecule has 2 fully saturated rings. The molecule has 132 valence electrons. The maximum absolute atomic E-state index is 13.1. The minimum Gasteiger partial charge on any atom is -0.379 e. The minimum atomic E-state index is -0.168. The third-order valence-corrected chi connectivity index (χ3v) is 5.39. The van der Waals surface area contributed by atoms with Crippen LogP contribution < -0.4 is 4.90 Å². The Balaban J connectivity index is 1.46. The van der Waals surface area contributed by atoms with Gasteiger partial charge in [-0.25, -0.2) is 4.39 Å². The standard InChI is InChI=1S/C21H25FN2O/c22-19-8-6-17(7-9-19)14-23-11-10-21-18(15-23)16-25-13-12-24(21)20-4-2-1-3-5-20/h1-9,18,21H,10-16H2/t18-,21+/m1/s1. The molecule has 2 aromatic rings. The maximum atomic E-state index is 13.1. The maximum Gasteiger partial charge on any atom is 0.123 e. The quantitative estimate of drug-likeness (QED) is 0.850. The smallest absolute Gasteiger partial charge is 0.123 e. The van der Waals surface area contributed by atoms with Crippen molar-refractivity contribution in [3.63, 3.8) is 0 Å². The van der Waals surface area contributed by atoms with Gasteiger partial charge in [0.2, 0.25) is 0 Å². The normalized spacial score (nSPS) is 24.6. The predicted molar refractivity (Wildman–Crippen MR) is 98.2 cm³/mol. The lowest BCUT2D eigenvalue weighted by molar-refractivity contribution is 0.0709. The van der Waals surface area contributed by atoms with Crippen LogP contribution in [0.15, 0.2) is 54.6 Å². The summed E-state index contributed by atoms with van der Waals surface area (Å²) in [6, 6.07) is 18.1. The molecule has 0 spiro atoms. The molecule has 0 aromatic heterocycles. The number of anilines is 1. The molecule has 2 heterocycles. The molecule has 2 aliphatic rings. The Morgan fingerprint density at radius 3 is 2.60 bits per heavy atom. The summed E-state index contributed by atoms with van der Waals surface area (Å²) in [4.78, 5) is 5.01. The Bertz CT molecular complexity index is 676. The molecule has 2 aliphatic heterocycles. The van der Waals surface area contributed by atoms with E-state index in [1.54, 1.807) is 12.1 Å². The Labute approximate surface area is 149 Å². The molecule has 2 saturated heterocycles. The number of hydrogen-bond acceptors (Lipinski definition) is 3. The Hall–Kier alpha value is -1.91. The van der Waals surface area contributed by atoms with Crippen molar-refractivity contribution in [2.45, 2.75) is 19.0 Å². The summed E-state index contributed by atoms with van der Waals surface area (Å²) >= 11 is 0. The molecule has 3 nitrogen and oxygen atoms in total. The highest BCUT2D eigenvalue weighted by atomic mass is 19.1. The second-order valence-electron chi connectivity index (χ2n) is 7.08. The number of likely N-dealkylation sites (tertiary alicyclic amines) is 1. The molecule has 2 aromatic carbocycles. The molecule has 0 saturated carbocycles. The molecule has 0 amide bonds. The van der Waals surface area contributed by atoms with E-state index < -0.39 is 0 Å². The van der Waals surface area contributed by atoms with Gasteiger partial charge in [-0.3, -0.25) is 4.90 Å². The summed E-state index contributed by atoms with van der Waals surface area (Å²) in [6.07, 6.45) is 1.14. The van der Waals surface area contributed by atoms with Gasteiger partial charge in [0.25, 0.3) is 0 Å². The highest BCUT2D eigenvalue weighted by Gasteiger charge is 2.35. The number of ether oxygens (including phenoxy) is 1. The van der Waals surface area contributed by atoms with Crippen LogP contribution in [-0.2, 0) is 11.3 Å². The first-order valence-electron chi connectivity index (χ1n) is 9.16. The molecular formula is C21H25FN2O. The van der Waals surface area contributed by atoms with Crippen LogP contribution >= 0.6 is 0 Å². The molecule has 2 atom stereocenters. The molecule has 0 aliphatic carbocycles. The molecule has 25 heavy (non-hydrogen) atoms. The fraction of sp³-hybridized carbons (Fsp3) is 0.429. The number of fused-ring (bicyclic) bond motifs is 1. The molecule has 0 radical (unpaired) electrons. The van der Waals surface area contributed by atoms with Gasteiger partial charge in [0.15, 0.2) is 0 Å². The van der Waals surface area contributed by atoms with E-state index in [0.29, 0.717) is 12.0 Å². The van der Waals surface area contributed by atoms with E-state index in [2.05, 4.69) is 40.1 Å². The summed E-state index contributed by atoms with van der Waals surface area (Å²) in [5.41, 5.74) is 2.48. The van der Waals surface area contributed by atoms with Crippen molar-refractivity contribution in [2.75, 3.05) is 37.7 Å². The Kier molecular flexibility index (Phi) is 4.99. The van der Waals surface area contributed by atoms with E-state index in [1.807, 2.05) is 12.1 Å². The first-order valence-corrected chi connectivity index (χ1v) is 9.16. The van der Waals surface area contributed by atoms with Crippen molar-refractivity contribution < 1.29 is 9.13 Å². The van der Waals surface area contributed by atoms with Crippen molar-refractivity contribution in [3.05, 3.63) is 66.0 Å². The second kappa shape index (κ2) is 7.54. The van der Waals surface area contributed by atoms with Gasteiger partial charge in [-0.1, -0.05) is 30.3 Å². The lowest BCUT2D eigenvalue weighted by Crippen LogP contribution is -2.51. The van der Waals surface area contributed by atoms with Gasteiger partial charge >= 0.3 is 0 Å². The van der Waals surface area contributed by atoms with Gasteiger partial charge in [-0.05, 0) is 36.2 Å². The van der Waals surface area contributed by atoms with Crippen LogP contribution in [-0.4, -0.2) is 43.8 Å². The van der Waals surface area contributed by atoms with Crippen LogP contribution in [0.4, 0.5) is 10.1 Å². The Morgan fingerprint density at radius 1 is 1.00 bits per heavy atom. The number of piperidine rings is 1. The summed E-state index contributed by atoms with van der Waals surface area (Å²) in [6.45, 7) is 5.57. The van der Waals surface area contributed by atoms with Crippen molar-refractivity contribution >= 4 is 5.69 Å². The third-order valence-electron chi connectivity index (χ3n) is 5.39. The van der Waals surface area contributed by atoms with Crippen molar-refractivity contribution in [2.24, 2.45) is 5.92 Å². The van der Waals surface area contributed by atoms with Gasteiger partial charge in [-0.15, -0.1) is 0 Å². The van der Waals surface area contributed by atoms with Crippen molar-refractivity contribution in [1.82, 2.24) is 4.90 Å². The van der Waals surface area contributed by atoms with Gasteiger partial charge in [0, 0.05) is 43.8 Å². The summed E-state index contributed by atoms with van der Waals surface area (Å²) in [5, 5.41) is 0. The highest BCUT2D eigenvalue weighted by Crippen LogP contribution is 2.29.